The van der Waals surface area contributed by atoms with Crippen LogP contribution in [-0.2, 0) is 13.0 Å². The molecule has 1 aromatic heterocycles. The number of halogens is 1. The zero-order valence-corrected chi connectivity index (χ0v) is 17.1. The SMILES string of the molecule is CCN1c2cc(C)ccc2SC1Cc1sc2ccc(Cl)cc2[n+]1CC. The summed E-state index contributed by atoms with van der Waals surface area (Å²) in [5, 5.41) is 2.70. The number of thioether (sulfide) groups is 1. The maximum atomic E-state index is 6.23. The van der Waals surface area contributed by atoms with Crippen molar-refractivity contribution in [2.75, 3.05) is 11.4 Å². The van der Waals surface area contributed by atoms with Gasteiger partial charge in [0.25, 0.3) is 0 Å². The molecule has 3 aromatic rings. The molecule has 0 radical (unpaired) electrons. The molecule has 2 heterocycles. The highest BCUT2D eigenvalue weighted by atomic mass is 35.5. The third-order valence-corrected chi connectivity index (χ3v) is 7.50. The van der Waals surface area contributed by atoms with Crippen LogP contribution in [0.1, 0.15) is 24.4 Å². The summed E-state index contributed by atoms with van der Waals surface area (Å²) in [4.78, 5) is 3.95. The first-order chi connectivity index (χ1) is 12.1. The van der Waals surface area contributed by atoms with E-state index >= 15 is 0 Å². The fourth-order valence-corrected chi connectivity index (χ4v) is 6.48. The fraction of sp³-hybridized carbons (Fsp3) is 0.350. The molecule has 4 rings (SSSR count). The van der Waals surface area contributed by atoms with E-state index in [1.165, 1.54) is 31.4 Å². The van der Waals surface area contributed by atoms with Gasteiger partial charge in [-0.25, -0.2) is 0 Å². The van der Waals surface area contributed by atoms with Crippen molar-refractivity contribution in [3.8, 4) is 0 Å². The minimum atomic E-state index is 0.461. The predicted octanol–water partition coefficient (Wildman–Crippen LogP) is 5.67. The van der Waals surface area contributed by atoms with Crippen molar-refractivity contribution >= 4 is 50.6 Å². The van der Waals surface area contributed by atoms with Crippen molar-refractivity contribution in [2.24, 2.45) is 0 Å². The number of anilines is 1. The molecular weight excluding hydrogens is 368 g/mol. The average Bonchev–Trinajstić information content (AvgIpc) is 3.11. The lowest BCUT2D eigenvalue weighted by atomic mass is 10.2. The number of hydrogen-bond acceptors (Lipinski definition) is 3. The van der Waals surface area contributed by atoms with Gasteiger partial charge in [-0.2, -0.15) is 4.57 Å². The molecule has 0 fully saturated rings. The number of aromatic nitrogens is 1. The lowest BCUT2D eigenvalue weighted by molar-refractivity contribution is -0.670. The second-order valence-electron chi connectivity index (χ2n) is 6.39. The molecule has 1 aliphatic rings. The van der Waals surface area contributed by atoms with Crippen LogP contribution in [0, 0.1) is 6.92 Å². The first-order valence-corrected chi connectivity index (χ1v) is 10.8. The highest BCUT2D eigenvalue weighted by Gasteiger charge is 2.33. The van der Waals surface area contributed by atoms with Gasteiger partial charge in [0.15, 0.2) is 0 Å². The summed E-state index contributed by atoms with van der Waals surface area (Å²) < 4.78 is 3.75. The zero-order chi connectivity index (χ0) is 17.6. The Morgan fingerprint density at radius 3 is 2.76 bits per heavy atom. The van der Waals surface area contributed by atoms with Gasteiger partial charge in [-0.15, -0.1) is 0 Å². The molecule has 0 N–H and O–H groups in total. The van der Waals surface area contributed by atoms with Crippen molar-refractivity contribution in [3.05, 3.63) is 52.0 Å². The summed E-state index contributed by atoms with van der Waals surface area (Å²) in [5.74, 6) is 0. The summed E-state index contributed by atoms with van der Waals surface area (Å²) in [6.45, 7) is 8.66. The van der Waals surface area contributed by atoms with Gasteiger partial charge >= 0.3 is 0 Å². The predicted molar refractivity (Wildman–Crippen MR) is 110 cm³/mol. The molecular formula is C20H22ClN2S2+. The second kappa shape index (κ2) is 6.82. The van der Waals surface area contributed by atoms with Crippen LogP contribution in [0.3, 0.4) is 0 Å². The molecule has 5 heteroatoms. The molecule has 0 bridgehead atoms. The van der Waals surface area contributed by atoms with Gasteiger partial charge in [0.05, 0.1) is 17.5 Å². The van der Waals surface area contributed by atoms with Crippen molar-refractivity contribution in [2.45, 2.75) is 44.0 Å². The molecule has 0 saturated carbocycles. The maximum Gasteiger partial charge on any atom is 0.241 e. The summed E-state index contributed by atoms with van der Waals surface area (Å²) >= 11 is 10.1. The number of likely N-dealkylation sites (N-methyl/N-ethyl adjacent to an activating group) is 1. The Balaban J connectivity index is 1.70. The van der Waals surface area contributed by atoms with Gasteiger partial charge in [0, 0.05) is 22.5 Å². The van der Waals surface area contributed by atoms with Gasteiger partial charge in [0.1, 0.15) is 11.2 Å². The molecule has 1 atom stereocenters. The van der Waals surface area contributed by atoms with Crippen molar-refractivity contribution in [1.82, 2.24) is 0 Å². The van der Waals surface area contributed by atoms with E-state index in [9.17, 15) is 0 Å². The van der Waals surface area contributed by atoms with Crippen molar-refractivity contribution in [3.63, 3.8) is 0 Å². The first-order valence-electron chi connectivity index (χ1n) is 8.75. The van der Waals surface area contributed by atoms with E-state index in [0.717, 1.165) is 24.5 Å². The number of aryl methyl sites for hydroxylation is 2. The minimum Gasteiger partial charge on any atom is -0.358 e. The molecule has 1 unspecified atom stereocenters. The smallest absolute Gasteiger partial charge is 0.241 e. The second-order valence-corrected chi connectivity index (χ2v) is 9.16. The molecule has 0 saturated heterocycles. The number of benzene rings is 2. The molecule has 0 aliphatic carbocycles. The third kappa shape index (κ3) is 3.05. The molecule has 0 amide bonds. The normalized spacial score (nSPS) is 16.6. The fourth-order valence-electron chi connectivity index (χ4n) is 3.59. The summed E-state index contributed by atoms with van der Waals surface area (Å²) in [6.07, 6.45) is 1.05. The summed E-state index contributed by atoms with van der Waals surface area (Å²) in [7, 11) is 0. The van der Waals surface area contributed by atoms with E-state index in [4.69, 9.17) is 11.6 Å². The number of fused-ring (bicyclic) bond motifs is 2. The summed E-state index contributed by atoms with van der Waals surface area (Å²) in [6, 6.07) is 13.1. The van der Waals surface area contributed by atoms with Crippen LogP contribution >= 0.6 is 34.7 Å². The average molecular weight is 390 g/mol. The van der Waals surface area contributed by atoms with Gasteiger partial charge in [-0.1, -0.05) is 40.8 Å². The Morgan fingerprint density at radius 1 is 1.16 bits per heavy atom. The number of rotatable bonds is 4. The van der Waals surface area contributed by atoms with Gasteiger partial charge in [-0.05, 0) is 50.6 Å². The minimum absolute atomic E-state index is 0.461. The Bertz CT molecular complexity index is 935. The lowest BCUT2D eigenvalue weighted by Crippen LogP contribution is -2.39. The lowest BCUT2D eigenvalue weighted by Gasteiger charge is -2.24. The van der Waals surface area contributed by atoms with E-state index in [1.807, 2.05) is 29.2 Å². The standard InChI is InChI=1S/C20H22ClN2S2/c1-4-22-15-10-13(3)6-8-17(15)24-19(22)12-20-23(5-2)16-11-14(21)7-9-18(16)25-20/h6-11,19H,4-5,12H2,1-3H3/q+1. The van der Waals surface area contributed by atoms with E-state index in [1.54, 1.807) is 0 Å². The quantitative estimate of drug-likeness (QED) is 0.530. The Morgan fingerprint density at radius 2 is 2.00 bits per heavy atom. The van der Waals surface area contributed by atoms with Gasteiger partial charge < -0.3 is 4.90 Å². The summed E-state index contributed by atoms with van der Waals surface area (Å²) in [5.41, 5.74) is 3.98. The van der Waals surface area contributed by atoms with Gasteiger partial charge in [-0.3, -0.25) is 0 Å². The molecule has 0 spiro atoms. The first kappa shape index (κ1) is 17.2. The van der Waals surface area contributed by atoms with Crippen LogP contribution in [-0.4, -0.2) is 11.9 Å². The zero-order valence-electron chi connectivity index (χ0n) is 14.8. The third-order valence-electron chi connectivity index (χ3n) is 4.78. The molecule has 130 valence electrons. The van der Waals surface area contributed by atoms with Crippen LogP contribution in [0.15, 0.2) is 41.3 Å². The monoisotopic (exact) mass is 389 g/mol. The Labute approximate surface area is 162 Å². The number of nitrogens with zero attached hydrogens (tertiary/aromatic N) is 2. The topological polar surface area (TPSA) is 7.12 Å². The number of thiazole rings is 1. The van der Waals surface area contributed by atoms with Crippen molar-refractivity contribution < 1.29 is 4.57 Å². The van der Waals surface area contributed by atoms with Crippen LogP contribution < -0.4 is 9.47 Å². The number of hydrogen-bond donors (Lipinski definition) is 0. The largest absolute Gasteiger partial charge is 0.358 e. The van der Waals surface area contributed by atoms with E-state index in [2.05, 4.69) is 60.6 Å². The molecule has 2 nitrogen and oxygen atoms in total. The van der Waals surface area contributed by atoms with Crippen LogP contribution in [0.5, 0.6) is 0 Å². The maximum absolute atomic E-state index is 6.23. The van der Waals surface area contributed by atoms with Crippen molar-refractivity contribution in [1.29, 1.82) is 0 Å². The van der Waals surface area contributed by atoms with Gasteiger partial charge in [0.2, 0.25) is 10.5 Å². The molecule has 1 aliphatic heterocycles. The van der Waals surface area contributed by atoms with Crippen LogP contribution in [0.25, 0.3) is 10.2 Å². The molecule has 2 aromatic carbocycles. The highest BCUT2D eigenvalue weighted by molar-refractivity contribution is 8.00. The van der Waals surface area contributed by atoms with Crippen LogP contribution in [0.2, 0.25) is 5.02 Å². The van der Waals surface area contributed by atoms with Crippen LogP contribution in [0.4, 0.5) is 5.69 Å². The van der Waals surface area contributed by atoms with E-state index < -0.39 is 0 Å². The van der Waals surface area contributed by atoms with E-state index in [0.29, 0.717) is 5.37 Å². The Hall–Kier alpha value is -1.23. The molecule has 25 heavy (non-hydrogen) atoms. The highest BCUT2D eigenvalue weighted by Crippen LogP contribution is 2.45. The Kier molecular flexibility index (Phi) is 4.69. The van der Waals surface area contributed by atoms with E-state index in [-0.39, 0.29) is 0 Å².